The summed E-state index contributed by atoms with van der Waals surface area (Å²) >= 11 is 5.48. The fraction of sp³-hybridized carbons (Fsp3) is 0.200. The lowest BCUT2D eigenvalue weighted by atomic mass is 10.00. The van der Waals surface area contributed by atoms with Gasteiger partial charge in [0.05, 0.1) is 17.2 Å². The van der Waals surface area contributed by atoms with Crippen LogP contribution in [0.4, 0.5) is 8.78 Å². The van der Waals surface area contributed by atoms with E-state index >= 15 is 0 Å². The van der Waals surface area contributed by atoms with Gasteiger partial charge < -0.3 is 5.11 Å². The normalized spacial score (nSPS) is 10.2. The van der Waals surface area contributed by atoms with Crippen molar-refractivity contribution in [2.75, 3.05) is 0 Å². The summed E-state index contributed by atoms with van der Waals surface area (Å²) in [5.74, 6) is -1.50. The molecule has 16 heavy (non-hydrogen) atoms. The lowest BCUT2D eigenvalue weighted by molar-refractivity contribution is 0.0695. The molecule has 1 aromatic carbocycles. The Kier molecular flexibility index (Phi) is 3.80. The van der Waals surface area contributed by atoms with E-state index in [0.29, 0.717) is 0 Å². The van der Waals surface area contributed by atoms with Crippen LogP contribution >= 0.6 is 11.6 Å². The van der Waals surface area contributed by atoms with Gasteiger partial charge >= 0.3 is 5.97 Å². The van der Waals surface area contributed by atoms with Crippen molar-refractivity contribution in [2.24, 2.45) is 0 Å². The third-order valence-electron chi connectivity index (χ3n) is 2.01. The van der Waals surface area contributed by atoms with Crippen LogP contribution in [0.5, 0.6) is 0 Å². The average Bonchev–Trinajstić information content (AvgIpc) is 2.26. The van der Waals surface area contributed by atoms with E-state index in [1.165, 1.54) is 0 Å². The zero-order valence-electron chi connectivity index (χ0n) is 7.88. The van der Waals surface area contributed by atoms with Gasteiger partial charge in [-0.05, 0) is 17.7 Å². The Labute approximate surface area is 94.9 Å². The van der Waals surface area contributed by atoms with Crippen LogP contribution in [0, 0.1) is 11.3 Å². The zero-order chi connectivity index (χ0) is 12.3. The molecule has 1 aromatic rings. The number of hydrogen-bond acceptors (Lipinski definition) is 2. The summed E-state index contributed by atoms with van der Waals surface area (Å²) in [7, 11) is 0. The Bertz CT molecular complexity index is 469. The summed E-state index contributed by atoms with van der Waals surface area (Å²) in [5, 5.41) is 17.4. The number of nitriles is 1. The van der Waals surface area contributed by atoms with Crippen LogP contribution in [-0.2, 0) is 5.88 Å². The van der Waals surface area contributed by atoms with Crippen molar-refractivity contribution in [2.45, 2.75) is 12.3 Å². The second-order valence-corrected chi connectivity index (χ2v) is 3.22. The van der Waals surface area contributed by atoms with Crippen LogP contribution < -0.4 is 0 Å². The Morgan fingerprint density at radius 3 is 2.56 bits per heavy atom. The molecule has 84 valence electrons. The van der Waals surface area contributed by atoms with E-state index in [1.807, 2.05) is 0 Å². The number of aromatic carboxylic acids is 1. The van der Waals surface area contributed by atoms with Gasteiger partial charge in [0.2, 0.25) is 0 Å². The average molecular weight is 246 g/mol. The van der Waals surface area contributed by atoms with Gasteiger partial charge in [-0.25, -0.2) is 13.6 Å². The Hall–Kier alpha value is -1.67. The van der Waals surface area contributed by atoms with Gasteiger partial charge in [0.15, 0.2) is 0 Å². The summed E-state index contributed by atoms with van der Waals surface area (Å²) < 4.78 is 25.0. The van der Waals surface area contributed by atoms with Crippen molar-refractivity contribution in [3.05, 3.63) is 34.4 Å². The highest BCUT2D eigenvalue weighted by Gasteiger charge is 2.19. The summed E-state index contributed by atoms with van der Waals surface area (Å²) in [6, 6.07) is 3.46. The number of benzene rings is 1. The number of carboxylic acid groups (broad SMARTS) is 1. The number of rotatable bonds is 3. The van der Waals surface area contributed by atoms with Crippen LogP contribution in [0.2, 0.25) is 0 Å². The Morgan fingerprint density at radius 2 is 2.19 bits per heavy atom. The summed E-state index contributed by atoms with van der Waals surface area (Å²) in [4.78, 5) is 10.8. The first-order chi connectivity index (χ1) is 7.51. The van der Waals surface area contributed by atoms with E-state index in [4.69, 9.17) is 22.0 Å². The first kappa shape index (κ1) is 12.4. The van der Waals surface area contributed by atoms with Crippen LogP contribution in [0.3, 0.4) is 0 Å². The first-order valence-electron chi connectivity index (χ1n) is 4.15. The molecule has 0 aromatic heterocycles. The fourth-order valence-corrected chi connectivity index (χ4v) is 1.47. The molecule has 0 amide bonds. The van der Waals surface area contributed by atoms with Crippen LogP contribution in [0.15, 0.2) is 12.1 Å². The van der Waals surface area contributed by atoms with Crippen molar-refractivity contribution < 1.29 is 18.7 Å². The van der Waals surface area contributed by atoms with Crippen molar-refractivity contribution in [3.63, 3.8) is 0 Å². The van der Waals surface area contributed by atoms with Crippen LogP contribution in [-0.4, -0.2) is 11.1 Å². The van der Waals surface area contributed by atoms with E-state index in [9.17, 15) is 13.6 Å². The number of alkyl halides is 3. The monoisotopic (exact) mass is 245 g/mol. The predicted octanol–water partition coefficient (Wildman–Crippen LogP) is 2.93. The standard InChI is InChI=1S/C10H6ClF2NO2/c11-3-5-1-6(4-14)7(9(12)13)2-8(5)10(15)16/h1-2,9H,3H2,(H,15,16). The molecule has 0 bridgehead atoms. The van der Waals surface area contributed by atoms with E-state index in [0.717, 1.165) is 12.1 Å². The smallest absolute Gasteiger partial charge is 0.336 e. The van der Waals surface area contributed by atoms with Crippen molar-refractivity contribution in [1.82, 2.24) is 0 Å². The lowest BCUT2D eigenvalue weighted by Gasteiger charge is -2.08. The molecule has 0 saturated carbocycles. The van der Waals surface area contributed by atoms with Gasteiger partial charge in [0, 0.05) is 11.4 Å². The Balaban J connectivity index is 3.48. The molecular weight excluding hydrogens is 240 g/mol. The Morgan fingerprint density at radius 1 is 1.56 bits per heavy atom. The molecule has 6 heteroatoms. The van der Waals surface area contributed by atoms with E-state index in [1.54, 1.807) is 6.07 Å². The minimum Gasteiger partial charge on any atom is -0.478 e. The maximum atomic E-state index is 12.5. The largest absolute Gasteiger partial charge is 0.478 e. The molecule has 1 N–H and O–H groups in total. The molecule has 0 unspecified atom stereocenters. The van der Waals surface area contributed by atoms with Crippen molar-refractivity contribution >= 4 is 17.6 Å². The molecule has 3 nitrogen and oxygen atoms in total. The molecule has 1 rings (SSSR count). The fourth-order valence-electron chi connectivity index (χ4n) is 1.25. The maximum Gasteiger partial charge on any atom is 0.336 e. The van der Waals surface area contributed by atoms with Gasteiger partial charge in [0.1, 0.15) is 0 Å². The minimum atomic E-state index is -2.89. The summed E-state index contributed by atoms with van der Waals surface area (Å²) in [5.41, 5.74) is -0.996. The predicted molar refractivity (Wildman–Crippen MR) is 52.6 cm³/mol. The molecule has 0 aliphatic heterocycles. The molecule has 0 aliphatic carbocycles. The van der Waals surface area contributed by atoms with E-state index in [-0.39, 0.29) is 22.6 Å². The number of nitrogens with zero attached hydrogens (tertiary/aromatic N) is 1. The maximum absolute atomic E-state index is 12.5. The molecule has 0 atom stereocenters. The first-order valence-corrected chi connectivity index (χ1v) is 4.69. The SMILES string of the molecule is N#Cc1cc(CCl)c(C(=O)O)cc1C(F)F. The number of carbonyl (C=O) groups is 1. The van der Waals surface area contributed by atoms with E-state index < -0.39 is 18.0 Å². The minimum absolute atomic E-state index is 0.148. The molecule has 0 aliphatic rings. The molecule has 0 radical (unpaired) electrons. The molecular formula is C10H6ClF2NO2. The van der Waals surface area contributed by atoms with Gasteiger partial charge in [-0.1, -0.05) is 0 Å². The van der Waals surface area contributed by atoms with Crippen molar-refractivity contribution in [1.29, 1.82) is 5.26 Å². The number of halogens is 3. The number of hydrogen-bond donors (Lipinski definition) is 1. The highest BCUT2D eigenvalue weighted by atomic mass is 35.5. The van der Waals surface area contributed by atoms with Crippen molar-refractivity contribution in [3.8, 4) is 6.07 Å². The third-order valence-corrected chi connectivity index (χ3v) is 2.29. The molecule has 0 saturated heterocycles. The number of carboxylic acids is 1. The highest BCUT2D eigenvalue weighted by Crippen LogP contribution is 2.26. The van der Waals surface area contributed by atoms with Crippen LogP contribution in [0.25, 0.3) is 0 Å². The third kappa shape index (κ3) is 2.28. The second kappa shape index (κ2) is 4.90. The summed E-state index contributed by atoms with van der Waals surface area (Å²) in [6.07, 6.45) is -2.89. The molecule has 0 fully saturated rings. The van der Waals surface area contributed by atoms with Gasteiger partial charge in [-0.15, -0.1) is 11.6 Å². The quantitative estimate of drug-likeness (QED) is 0.833. The zero-order valence-corrected chi connectivity index (χ0v) is 8.63. The van der Waals surface area contributed by atoms with Gasteiger partial charge in [0.25, 0.3) is 6.43 Å². The van der Waals surface area contributed by atoms with Gasteiger partial charge in [-0.3, -0.25) is 0 Å². The topological polar surface area (TPSA) is 61.1 Å². The van der Waals surface area contributed by atoms with Crippen LogP contribution in [0.1, 0.15) is 33.5 Å². The second-order valence-electron chi connectivity index (χ2n) is 2.95. The highest BCUT2D eigenvalue weighted by molar-refractivity contribution is 6.17. The lowest BCUT2D eigenvalue weighted by Crippen LogP contribution is -2.05. The molecule has 0 spiro atoms. The summed E-state index contributed by atoms with van der Waals surface area (Å²) in [6.45, 7) is 0. The van der Waals surface area contributed by atoms with E-state index in [2.05, 4.69) is 0 Å². The van der Waals surface area contributed by atoms with Gasteiger partial charge in [-0.2, -0.15) is 5.26 Å². The molecule has 0 heterocycles.